The monoisotopic (exact) mass is 216 g/mol. The highest BCUT2D eigenvalue weighted by Gasteiger charge is 2.23. The highest BCUT2D eigenvalue weighted by molar-refractivity contribution is 5.85. The van der Waals surface area contributed by atoms with Crippen molar-refractivity contribution in [1.29, 1.82) is 0 Å². The molecule has 1 unspecified atom stereocenters. The maximum absolute atomic E-state index is 11.7. The van der Waals surface area contributed by atoms with Gasteiger partial charge in [-0.3, -0.25) is 0 Å². The summed E-state index contributed by atoms with van der Waals surface area (Å²) in [5, 5.41) is 11.3. The third-order valence-electron chi connectivity index (χ3n) is 3.18. The van der Waals surface area contributed by atoms with Gasteiger partial charge in [-0.25, -0.2) is 4.79 Å². The molecule has 1 atom stereocenters. The average Bonchev–Trinajstić information content (AvgIpc) is 2.31. The van der Waals surface area contributed by atoms with Crippen molar-refractivity contribution in [1.82, 2.24) is 0 Å². The first-order chi connectivity index (χ1) is 7.77. The zero-order valence-corrected chi connectivity index (χ0v) is 8.77. The van der Waals surface area contributed by atoms with Crippen LogP contribution in [0, 0.1) is 0 Å². The Hall–Kier alpha value is -1.61. The van der Waals surface area contributed by atoms with E-state index in [1.807, 2.05) is 18.2 Å². The summed E-state index contributed by atoms with van der Waals surface area (Å²) in [4.78, 5) is 11.7. The zero-order valence-electron chi connectivity index (χ0n) is 8.77. The van der Waals surface area contributed by atoms with E-state index >= 15 is 0 Å². The molecule has 1 heterocycles. The molecule has 1 aliphatic carbocycles. The van der Waals surface area contributed by atoms with Crippen LogP contribution in [0.2, 0.25) is 0 Å². The molecule has 16 heavy (non-hydrogen) atoms. The van der Waals surface area contributed by atoms with Gasteiger partial charge < -0.3 is 9.52 Å². The number of aliphatic hydroxyl groups is 1. The Morgan fingerprint density at radius 2 is 2.00 bits per heavy atom. The first-order valence-corrected chi connectivity index (χ1v) is 5.50. The van der Waals surface area contributed by atoms with Crippen LogP contribution in [0.4, 0.5) is 0 Å². The zero-order chi connectivity index (χ0) is 11.1. The molecule has 3 rings (SSSR count). The lowest BCUT2D eigenvalue weighted by Gasteiger charge is -2.20. The summed E-state index contributed by atoms with van der Waals surface area (Å²) in [6.07, 6.45) is 1.86. The smallest absolute Gasteiger partial charge is 0.343 e. The molecule has 1 aromatic heterocycles. The second-order valence-corrected chi connectivity index (χ2v) is 4.19. The SMILES string of the molecule is O=c1oc2c(c3ccccc13)CCCC2O. The molecular formula is C13H12O3. The molecule has 0 saturated carbocycles. The van der Waals surface area contributed by atoms with E-state index in [0.717, 1.165) is 23.8 Å². The van der Waals surface area contributed by atoms with Gasteiger partial charge in [-0.2, -0.15) is 0 Å². The largest absolute Gasteiger partial charge is 0.424 e. The molecule has 1 aliphatic rings. The Balaban J connectivity index is 2.43. The second-order valence-electron chi connectivity index (χ2n) is 4.19. The maximum atomic E-state index is 11.7. The first-order valence-electron chi connectivity index (χ1n) is 5.50. The Labute approximate surface area is 92.3 Å². The summed E-state index contributed by atoms with van der Waals surface area (Å²) in [6.45, 7) is 0. The van der Waals surface area contributed by atoms with Crippen LogP contribution >= 0.6 is 0 Å². The van der Waals surface area contributed by atoms with Crippen molar-refractivity contribution >= 4 is 10.8 Å². The molecule has 0 radical (unpaired) electrons. The van der Waals surface area contributed by atoms with E-state index in [1.165, 1.54) is 0 Å². The summed E-state index contributed by atoms with van der Waals surface area (Å²) in [7, 11) is 0. The number of fused-ring (bicyclic) bond motifs is 3. The fourth-order valence-electron chi connectivity index (χ4n) is 2.40. The van der Waals surface area contributed by atoms with Gasteiger partial charge in [0.1, 0.15) is 11.9 Å². The summed E-state index contributed by atoms with van der Waals surface area (Å²) < 4.78 is 5.22. The van der Waals surface area contributed by atoms with Crippen LogP contribution in [0.3, 0.4) is 0 Å². The van der Waals surface area contributed by atoms with E-state index in [-0.39, 0.29) is 5.63 Å². The molecule has 2 aromatic rings. The standard InChI is InChI=1S/C13H12O3/c14-11-7-3-6-9-8-4-1-2-5-10(8)13(15)16-12(9)11/h1-2,4-5,11,14H,3,6-7H2. The fourth-order valence-corrected chi connectivity index (χ4v) is 2.40. The van der Waals surface area contributed by atoms with E-state index in [9.17, 15) is 9.90 Å². The normalized spacial score (nSPS) is 19.7. The maximum Gasteiger partial charge on any atom is 0.343 e. The van der Waals surface area contributed by atoms with Crippen LogP contribution < -0.4 is 5.63 Å². The summed E-state index contributed by atoms with van der Waals surface area (Å²) in [5.74, 6) is 0.468. The quantitative estimate of drug-likeness (QED) is 0.734. The van der Waals surface area contributed by atoms with Crippen molar-refractivity contribution in [3.05, 3.63) is 46.0 Å². The molecule has 0 amide bonds. The van der Waals surface area contributed by atoms with Crippen molar-refractivity contribution in [2.75, 3.05) is 0 Å². The van der Waals surface area contributed by atoms with E-state index < -0.39 is 6.10 Å². The molecule has 1 aromatic carbocycles. The average molecular weight is 216 g/mol. The lowest BCUT2D eigenvalue weighted by Crippen LogP contribution is -2.14. The van der Waals surface area contributed by atoms with Crippen LogP contribution in [0.25, 0.3) is 10.8 Å². The topological polar surface area (TPSA) is 50.4 Å². The van der Waals surface area contributed by atoms with Crippen molar-refractivity contribution in [3.8, 4) is 0 Å². The molecule has 3 nitrogen and oxygen atoms in total. The fraction of sp³-hybridized carbons (Fsp3) is 0.308. The van der Waals surface area contributed by atoms with Gasteiger partial charge in [-0.15, -0.1) is 0 Å². The Morgan fingerprint density at radius 1 is 1.25 bits per heavy atom. The summed E-state index contributed by atoms with van der Waals surface area (Å²) in [5.41, 5.74) is 0.643. The molecule has 0 fully saturated rings. The summed E-state index contributed by atoms with van der Waals surface area (Å²) in [6, 6.07) is 7.42. The molecule has 0 saturated heterocycles. The minimum Gasteiger partial charge on any atom is -0.424 e. The van der Waals surface area contributed by atoms with Crippen LogP contribution in [0.15, 0.2) is 33.5 Å². The number of aryl methyl sites for hydroxylation is 1. The Kier molecular flexibility index (Phi) is 2.07. The van der Waals surface area contributed by atoms with Gasteiger partial charge in [0.25, 0.3) is 0 Å². The highest BCUT2D eigenvalue weighted by atomic mass is 16.4. The predicted octanol–water partition coefficient (Wildman–Crippen LogP) is 2.16. The Morgan fingerprint density at radius 3 is 2.81 bits per heavy atom. The number of hydrogen-bond donors (Lipinski definition) is 1. The van der Waals surface area contributed by atoms with Gasteiger partial charge in [0.15, 0.2) is 0 Å². The highest BCUT2D eigenvalue weighted by Crippen LogP contribution is 2.32. The third-order valence-corrected chi connectivity index (χ3v) is 3.18. The van der Waals surface area contributed by atoms with Gasteiger partial charge in [0.05, 0.1) is 5.39 Å². The number of hydrogen-bond acceptors (Lipinski definition) is 3. The number of benzene rings is 1. The van der Waals surface area contributed by atoms with Gasteiger partial charge in [-0.05, 0) is 30.7 Å². The Bertz CT molecular complexity index is 598. The van der Waals surface area contributed by atoms with Crippen LogP contribution in [-0.4, -0.2) is 5.11 Å². The number of aliphatic hydroxyl groups excluding tert-OH is 1. The van der Waals surface area contributed by atoms with Crippen LogP contribution in [-0.2, 0) is 6.42 Å². The summed E-state index contributed by atoms with van der Waals surface area (Å²) >= 11 is 0. The molecule has 1 N–H and O–H groups in total. The van der Waals surface area contributed by atoms with Crippen LogP contribution in [0.1, 0.15) is 30.3 Å². The van der Waals surface area contributed by atoms with Crippen molar-refractivity contribution in [2.45, 2.75) is 25.4 Å². The lowest BCUT2D eigenvalue weighted by molar-refractivity contribution is 0.124. The van der Waals surface area contributed by atoms with Crippen molar-refractivity contribution in [2.24, 2.45) is 0 Å². The van der Waals surface area contributed by atoms with Crippen LogP contribution in [0.5, 0.6) is 0 Å². The van der Waals surface area contributed by atoms with E-state index in [2.05, 4.69) is 0 Å². The molecule has 3 heteroatoms. The predicted molar refractivity (Wildman–Crippen MR) is 60.4 cm³/mol. The van der Waals surface area contributed by atoms with Crippen molar-refractivity contribution < 1.29 is 9.52 Å². The molecule has 0 spiro atoms. The van der Waals surface area contributed by atoms with E-state index in [4.69, 9.17) is 4.42 Å². The molecule has 0 bridgehead atoms. The first kappa shape index (κ1) is 9.60. The lowest BCUT2D eigenvalue weighted by atomic mass is 9.91. The van der Waals surface area contributed by atoms with E-state index in [1.54, 1.807) is 6.07 Å². The molecule has 0 aliphatic heterocycles. The molecular weight excluding hydrogens is 204 g/mol. The van der Waals surface area contributed by atoms with E-state index in [0.29, 0.717) is 17.6 Å². The van der Waals surface area contributed by atoms with Gasteiger partial charge in [0.2, 0.25) is 0 Å². The minimum atomic E-state index is -0.624. The van der Waals surface area contributed by atoms with Crippen molar-refractivity contribution in [3.63, 3.8) is 0 Å². The third kappa shape index (κ3) is 1.28. The second kappa shape index (κ2) is 3.46. The number of rotatable bonds is 0. The van der Waals surface area contributed by atoms with Gasteiger partial charge in [-0.1, -0.05) is 18.2 Å². The molecule has 82 valence electrons. The minimum absolute atomic E-state index is 0.352. The van der Waals surface area contributed by atoms with Gasteiger partial charge >= 0.3 is 5.63 Å². The van der Waals surface area contributed by atoms with Gasteiger partial charge in [0, 0.05) is 5.56 Å².